The third kappa shape index (κ3) is 1.09. The zero-order chi connectivity index (χ0) is 5.82. The predicted octanol–water partition coefficient (Wildman–Crippen LogP) is 0.678. The summed E-state index contributed by atoms with van der Waals surface area (Å²) in [7, 11) is 0. The Balaban J connectivity index is 2.40. The van der Waals surface area contributed by atoms with Crippen LogP contribution in [0.2, 0.25) is 0 Å². The van der Waals surface area contributed by atoms with Gasteiger partial charge in [0.05, 0.1) is 0 Å². The van der Waals surface area contributed by atoms with Gasteiger partial charge in [0.25, 0.3) is 0 Å². The van der Waals surface area contributed by atoms with E-state index in [-0.39, 0.29) is 0 Å². The van der Waals surface area contributed by atoms with Crippen molar-refractivity contribution in [3.8, 4) is 0 Å². The molecule has 2 heteroatoms. The van der Waals surface area contributed by atoms with Gasteiger partial charge in [-0.25, -0.2) is 0 Å². The van der Waals surface area contributed by atoms with E-state index in [2.05, 4.69) is 11.9 Å². The predicted molar refractivity (Wildman–Crippen MR) is 34.6 cm³/mol. The fourth-order valence-corrected chi connectivity index (χ4v) is 0.565. The van der Waals surface area contributed by atoms with Gasteiger partial charge in [-0.3, -0.25) is 4.99 Å². The molecule has 0 spiro atoms. The van der Waals surface area contributed by atoms with Crippen LogP contribution < -0.4 is 0 Å². The Bertz CT molecular complexity index is 116. The Morgan fingerprint density at radius 2 is 2.62 bits per heavy atom. The number of rotatable bonds is 1. The molecule has 2 nitrogen and oxygen atoms in total. The Morgan fingerprint density at radius 3 is 3.00 bits per heavy atom. The normalized spacial score (nSPS) is 17.4. The van der Waals surface area contributed by atoms with Crippen molar-refractivity contribution >= 4 is 6.21 Å². The van der Waals surface area contributed by atoms with Crippen molar-refractivity contribution in [2.24, 2.45) is 4.99 Å². The van der Waals surface area contributed by atoms with Gasteiger partial charge in [0.2, 0.25) is 0 Å². The lowest BCUT2D eigenvalue weighted by Gasteiger charge is -2.16. The van der Waals surface area contributed by atoms with Crippen LogP contribution in [0.1, 0.15) is 0 Å². The lowest BCUT2D eigenvalue weighted by Crippen LogP contribution is -2.18. The molecule has 1 aliphatic rings. The first-order chi connectivity index (χ1) is 3.93. The van der Waals surface area contributed by atoms with E-state index >= 15 is 0 Å². The van der Waals surface area contributed by atoms with Crippen LogP contribution in [0.4, 0.5) is 0 Å². The minimum absolute atomic E-state index is 0.764. The molecule has 1 heterocycles. The Hall–Kier alpha value is -0.790. The van der Waals surface area contributed by atoms with E-state index in [0.717, 1.165) is 13.2 Å². The highest BCUT2D eigenvalue weighted by Gasteiger charge is 1.92. The highest BCUT2D eigenvalue weighted by molar-refractivity contribution is 5.71. The van der Waals surface area contributed by atoms with E-state index in [1.165, 1.54) is 0 Å². The Morgan fingerprint density at radius 1 is 1.75 bits per heavy atom. The number of allylic oxidation sites excluding steroid dienone is 1. The summed E-state index contributed by atoms with van der Waals surface area (Å²) >= 11 is 0. The monoisotopic (exact) mass is 109 g/mol. The average Bonchev–Trinajstić information content (AvgIpc) is 1.90. The van der Waals surface area contributed by atoms with Crippen LogP contribution in [0.15, 0.2) is 17.3 Å². The molecule has 0 saturated carbocycles. The molecule has 0 aromatic heterocycles. The van der Waals surface area contributed by atoms with E-state index in [4.69, 9.17) is 0 Å². The quantitative estimate of drug-likeness (QED) is 0.483. The van der Waals surface area contributed by atoms with Crippen molar-refractivity contribution < 1.29 is 0 Å². The van der Waals surface area contributed by atoms with Gasteiger partial charge in [0.1, 0.15) is 6.67 Å². The molecule has 0 saturated heterocycles. The van der Waals surface area contributed by atoms with Gasteiger partial charge in [0.15, 0.2) is 0 Å². The maximum atomic E-state index is 4.00. The zero-order valence-electron chi connectivity index (χ0n) is 4.75. The minimum atomic E-state index is 0.764. The van der Waals surface area contributed by atoms with E-state index in [1.807, 2.05) is 17.2 Å². The average molecular weight is 109 g/mol. The fourth-order valence-electron chi connectivity index (χ4n) is 0.565. The van der Waals surface area contributed by atoms with Crippen LogP contribution in [-0.2, 0) is 0 Å². The van der Waals surface area contributed by atoms with Gasteiger partial charge in [-0.15, -0.1) is 0 Å². The molecule has 1 radical (unpaired) electrons. The van der Waals surface area contributed by atoms with Crippen molar-refractivity contribution in [2.75, 3.05) is 13.2 Å². The Kier molecular flexibility index (Phi) is 1.67. The molecule has 0 atom stereocenters. The van der Waals surface area contributed by atoms with Crippen molar-refractivity contribution in [1.29, 1.82) is 0 Å². The number of nitrogens with zero attached hydrogens (tertiary/aromatic N) is 2. The van der Waals surface area contributed by atoms with Crippen LogP contribution in [0.5, 0.6) is 0 Å². The third-order valence-corrected chi connectivity index (χ3v) is 1.04. The second-order valence-corrected chi connectivity index (χ2v) is 1.63. The van der Waals surface area contributed by atoms with Gasteiger partial charge in [-0.05, 0) is 13.0 Å². The van der Waals surface area contributed by atoms with Crippen molar-refractivity contribution in [1.82, 2.24) is 4.90 Å². The van der Waals surface area contributed by atoms with Crippen LogP contribution >= 0.6 is 0 Å². The Labute approximate surface area is 49.5 Å². The van der Waals surface area contributed by atoms with E-state index < -0.39 is 0 Å². The van der Waals surface area contributed by atoms with Crippen molar-refractivity contribution in [2.45, 2.75) is 0 Å². The molecule has 0 bridgehead atoms. The number of hydrogen-bond donors (Lipinski definition) is 0. The molecule has 1 rings (SSSR count). The van der Waals surface area contributed by atoms with Crippen molar-refractivity contribution in [3.63, 3.8) is 0 Å². The minimum Gasteiger partial charge on any atom is -0.358 e. The van der Waals surface area contributed by atoms with Crippen LogP contribution in [0.25, 0.3) is 0 Å². The second-order valence-electron chi connectivity index (χ2n) is 1.63. The van der Waals surface area contributed by atoms with E-state index in [1.54, 1.807) is 6.21 Å². The van der Waals surface area contributed by atoms with E-state index in [0.29, 0.717) is 0 Å². The third-order valence-electron chi connectivity index (χ3n) is 1.04. The molecule has 0 amide bonds. The maximum absolute atomic E-state index is 4.00. The molecule has 0 unspecified atom stereocenters. The summed E-state index contributed by atoms with van der Waals surface area (Å²) in [5, 5.41) is 0. The van der Waals surface area contributed by atoms with Gasteiger partial charge in [-0.1, -0.05) is 0 Å². The fraction of sp³-hybridized carbons (Fsp3) is 0.333. The molecule has 1 aliphatic heterocycles. The summed E-state index contributed by atoms with van der Waals surface area (Å²) < 4.78 is 0. The lowest BCUT2D eigenvalue weighted by atomic mass is 10.5. The molecule has 43 valence electrons. The molecular formula is C6H9N2. The molecule has 0 N–H and O–H groups in total. The van der Waals surface area contributed by atoms with E-state index in [9.17, 15) is 0 Å². The van der Waals surface area contributed by atoms with Crippen LogP contribution in [0.3, 0.4) is 0 Å². The summed E-state index contributed by atoms with van der Waals surface area (Å²) in [6.07, 6.45) is 5.70. The summed E-state index contributed by atoms with van der Waals surface area (Å²) in [4.78, 5) is 6.03. The van der Waals surface area contributed by atoms with Crippen LogP contribution in [0, 0.1) is 6.92 Å². The topological polar surface area (TPSA) is 15.6 Å². The molecule has 0 fully saturated rings. The highest BCUT2D eigenvalue weighted by atomic mass is 15.2. The largest absolute Gasteiger partial charge is 0.358 e. The first-order valence-electron chi connectivity index (χ1n) is 2.63. The summed E-state index contributed by atoms with van der Waals surface area (Å²) in [6, 6.07) is 0. The molecule has 0 aromatic carbocycles. The first-order valence-corrected chi connectivity index (χ1v) is 2.63. The number of hydrogen-bond acceptors (Lipinski definition) is 2. The SMILES string of the molecule is [CH2]CN1C=CC=NC1. The van der Waals surface area contributed by atoms with Gasteiger partial charge in [-0.2, -0.15) is 0 Å². The molecule has 0 aromatic rings. The summed E-state index contributed by atoms with van der Waals surface area (Å²) in [5.41, 5.74) is 0. The molecular weight excluding hydrogens is 100 g/mol. The maximum Gasteiger partial charge on any atom is 0.109 e. The summed E-state index contributed by atoms with van der Waals surface area (Å²) in [5.74, 6) is 0. The number of aliphatic imine (C=N–C) groups is 1. The molecule has 8 heavy (non-hydrogen) atoms. The zero-order valence-corrected chi connectivity index (χ0v) is 4.75. The van der Waals surface area contributed by atoms with Crippen LogP contribution in [-0.4, -0.2) is 24.3 Å². The van der Waals surface area contributed by atoms with Crippen molar-refractivity contribution in [3.05, 3.63) is 19.2 Å². The van der Waals surface area contributed by atoms with Gasteiger partial charge in [0, 0.05) is 19.0 Å². The second kappa shape index (κ2) is 2.50. The molecule has 0 aliphatic carbocycles. The smallest absolute Gasteiger partial charge is 0.109 e. The highest BCUT2D eigenvalue weighted by Crippen LogP contribution is 1.92. The lowest BCUT2D eigenvalue weighted by molar-refractivity contribution is 0.426. The standard InChI is InChI=1S/C6H9N2/c1-2-8-5-3-4-7-6-8/h3-5H,1-2,6H2. The first kappa shape index (κ1) is 5.35. The van der Waals surface area contributed by atoms with Gasteiger partial charge < -0.3 is 4.90 Å². The van der Waals surface area contributed by atoms with Gasteiger partial charge >= 0.3 is 0 Å². The summed E-state index contributed by atoms with van der Waals surface area (Å²) in [6.45, 7) is 5.27.